The van der Waals surface area contributed by atoms with Crippen molar-refractivity contribution in [1.82, 2.24) is 4.90 Å². The van der Waals surface area contributed by atoms with Crippen molar-refractivity contribution in [2.75, 3.05) is 7.11 Å². The summed E-state index contributed by atoms with van der Waals surface area (Å²) in [6.45, 7) is 8.35. The monoisotopic (exact) mass is 407 g/mol. The fourth-order valence-corrected chi connectivity index (χ4v) is 3.82. The highest BCUT2D eigenvalue weighted by Gasteiger charge is 2.43. The zero-order valence-electron chi connectivity index (χ0n) is 18.2. The Morgan fingerprint density at radius 1 is 1.10 bits per heavy atom. The molecule has 2 aromatic rings. The van der Waals surface area contributed by atoms with Crippen molar-refractivity contribution in [2.24, 2.45) is 0 Å². The summed E-state index contributed by atoms with van der Waals surface area (Å²) in [5.74, 6) is -0.570. The van der Waals surface area contributed by atoms with Gasteiger partial charge in [0.2, 0.25) is 0 Å². The minimum absolute atomic E-state index is 0.0127. The van der Waals surface area contributed by atoms with Crippen LogP contribution in [0.25, 0.3) is 0 Å². The van der Waals surface area contributed by atoms with Gasteiger partial charge in [0.05, 0.1) is 25.3 Å². The van der Waals surface area contributed by atoms with E-state index in [2.05, 4.69) is 20.8 Å². The van der Waals surface area contributed by atoms with Gasteiger partial charge in [-0.25, -0.2) is 0 Å². The van der Waals surface area contributed by atoms with Crippen LogP contribution in [0.1, 0.15) is 56.8 Å². The summed E-state index contributed by atoms with van der Waals surface area (Å²) < 4.78 is 5.43. The molecule has 1 unspecified atom stereocenters. The maximum absolute atomic E-state index is 13.0. The van der Waals surface area contributed by atoms with Gasteiger partial charge in [-0.15, -0.1) is 0 Å². The normalized spacial score (nSPS) is 16.9. The molecule has 1 heterocycles. The molecule has 3 rings (SSSR count). The van der Waals surface area contributed by atoms with Crippen molar-refractivity contribution in [3.63, 3.8) is 0 Å². The van der Waals surface area contributed by atoms with Crippen LogP contribution in [0.5, 0.6) is 5.75 Å². The molecule has 2 aromatic carbocycles. The third kappa shape index (κ3) is 3.97. The SMILES string of the molecule is CCC(=O)C1=C(O)C(=O)N(Cc2ccccc2OC)C1c1ccc(C(C)(C)C)cc1. The van der Waals surface area contributed by atoms with E-state index in [9.17, 15) is 14.7 Å². The number of aliphatic hydroxyl groups is 1. The number of hydrogen-bond donors (Lipinski definition) is 1. The summed E-state index contributed by atoms with van der Waals surface area (Å²) in [6, 6.07) is 14.7. The molecule has 0 fully saturated rings. The van der Waals surface area contributed by atoms with E-state index >= 15 is 0 Å². The van der Waals surface area contributed by atoms with Crippen molar-refractivity contribution < 1.29 is 19.4 Å². The molecule has 5 heteroatoms. The number of rotatable bonds is 6. The van der Waals surface area contributed by atoms with E-state index < -0.39 is 17.7 Å². The standard InChI is InChI=1S/C25H29NO4/c1-6-19(27)21-22(16-11-13-18(14-12-16)25(2,3)4)26(24(29)23(21)28)15-17-9-7-8-10-20(17)30-5/h7-14,22,28H,6,15H2,1-5H3. The van der Waals surface area contributed by atoms with Crippen molar-refractivity contribution in [3.05, 3.63) is 76.6 Å². The van der Waals surface area contributed by atoms with Crippen LogP contribution in [-0.4, -0.2) is 28.8 Å². The zero-order chi connectivity index (χ0) is 22.1. The van der Waals surface area contributed by atoms with Gasteiger partial charge < -0.3 is 14.7 Å². The average Bonchev–Trinajstić information content (AvgIpc) is 2.98. The average molecular weight is 408 g/mol. The largest absolute Gasteiger partial charge is 0.503 e. The minimum Gasteiger partial charge on any atom is -0.503 e. The van der Waals surface area contributed by atoms with Gasteiger partial charge in [-0.05, 0) is 22.6 Å². The van der Waals surface area contributed by atoms with Gasteiger partial charge in [-0.1, -0.05) is 70.2 Å². The van der Waals surface area contributed by atoms with Gasteiger partial charge >= 0.3 is 0 Å². The predicted molar refractivity (Wildman–Crippen MR) is 116 cm³/mol. The lowest BCUT2D eigenvalue weighted by Crippen LogP contribution is -2.31. The first-order valence-electron chi connectivity index (χ1n) is 10.2. The summed E-state index contributed by atoms with van der Waals surface area (Å²) in [5, 5.41) is 10.6. The van der Waals surface area contributed by atoms with Gasteiger partial charge in [-0.3, -0.25) is 9.59 Å². The first kappa shape index (κ1) is 21.6. The number of para-hydroxylation sites is 1. The van der Waals surface area contributed by atoms with Gasteiger partial charge in [0.1, 0.15) is 5.75 Å². The predicted octanol–water partition coefficient (Wildman–Crippen LogP) is 4.87. The molecule has 5 nitrogen and oxygen atoms in total. The van der Waals surface area contributed by atoms with Crippen molar-refractivity contribution >= 4 is 11.7 Å². The number of methoxy groups -OCH3 is 1. The molecular weight excluding hydrogens is 378 g/mol. The number of benzene rings is 2. The van der Waals surface area contributed by atoms with Crippen LogP contribution in [0, 0.1) is 0 Å². The van der Waals surface area contributed by atoms with E-state index in [1.165, 1.54) is 0 Å². The number of amides is 1. The number of ether oxygens (including phenoxy) is 1. The highest BCUT2D eigenvalue weighted by molar-refractivity contribution is 6.08. The number of nitrogens with zero attached hydrogens (tertiary/aromatic N) is 1. The van der Waals surface area contributed by atoms with Gasteiger partial charge in [-0.2, -0.15) is 0 Å². The Hall–Kier alpha value is -3.08. The molecule has 0 saturated carbocycles. The Morgan fingerprint density at radius 3 is 2.30 bits per heavy atom. The number of Topliss-reactive ketones (excluding diaryl/α,β-unsaturated/α-hetero) is 1. The fraction of sp³-hybridized carbons (Fsp3) is 0.360. The molecule has 0 radical (unpaired) electrons. The Kier molecular flexibility index (Phi) is 6.01. The number of hydrogen-bond acceptors (Lipinski definition) is 4. The maximum Gasteiger partial charge on any atom is 0.290 e. The second-order valence-corrected chi connectivity index (χ2v) is 8.56. The second kappa shape index (κ2) is 8.34. The molecule has 0 bridgehead atoms. The topological polar surface area (TPSA) is 66.8 Å². The molecule has 0 aliphatic carbocycles. The lowest BCUT2D eigenvalue weighted by atomic mass is 9.85. The van der Waals surface area contributed by atoms with Crippen molar-refractivity contribution in [1.29, 1.82) is 0 Å². The maximum atomic E-state index is 13.0. The number of carbonyl (C=O) groups is 2. The Bertz CT molecular complexity index is 983. The Morgan fingerprint density at radius 2 is 1.73 bits per heavy atom. The van der Waals surface area contributed by atoms with E-state index in [-0.39, 0.29) is 29.7 Å². The van der Waals surface area contributed by atoms with Gasteiger partial charge in [0.15, 0.2) is 11.5 Å². The first-order chi connectivity index (χ1) is 14.2. The van der Waals surface area contributed by atoms with Crippen molar-refractivity contribution in [3.8, 4) is 5.75 Å². The van der Waals surface area contributed by atoms with E-state index in [0.717, 1.165) is 16.7 Å². The van der Waals surface area contributed by atoms with Gasteiger partial charge in [0.25, 0.3) is 5.91 Å². The Labute approximate surface area is 178 Å². The third-order valence-electron chi connectivity index (χ3n) is 5.55. The number of aliphatic hydroxyl groups excluding tert-OH is 1. The molecule has 1 N–H and O–H groups in total. The van der Waals surface area contributed by atoms with Crippen LogP contribution in [-0.2, 0) is 21.5 Å². The smallest absolute Gasteiger partial charge is 0.290 e. The highest BCUT2D eigenvalue weighted by atomic mass is 16.5. The lowest BCUT2D eigenvalue weighted by Gasteiger charge is -2.28. The van der Waals surface area contributed by atoms with E-state index in [0.29, 0.717) is 5.75 Å². The van der Waals surface area contributed by atoms with Crippen LogP contribution < -0.4 is 4.74 Å². The highest BCUT2D eigenvalue weighted by Crippen LogP contribution is 2.40. The molecule has 0 spiro atoms. The number of carbonyl (C=O) groups excluding carboxylic acids is 2. The van der Waals surface area contributed by atoms with E-state index in [4.69, 9.17) is 4.74 Å². The van der Waals surface area contributed by atoms with Gasteiger partial charge in [0, 0.05) is 12.0 Å². The molecular formula is C25H29NO4. The summed E-state index contributed by atoms with van der Waals surface area (Å²) in [7, 11) is 1.58. The first-order valence-corrected chi connectivity index (χ1v) is 10.2. The van der Waals surface area contributed by atoms with Crippen LogP contribution >= 0.6 is 0 Å². The fourth-order valence-electron chi connectivity index (χ4n) is 3.82. The summed E-state index contributed by atoms with van der Waals surface area (Å²) in [5.41, 5.74) is 2.92. The molecule has 30 heavy (non-hydrogen) atoms. The summed E-state index contributed by atoms with van der Waals surface area (Å²) in [4.78, 5) is 27.2. The molecule has 0 aromatic heterocycles. The molecule has 1 aliphatic heterocycles. The van der Waals surface area contributed by atoms with Crippen molar-refractivity contribution in [2.45, 2.75) is 52.1 Å². The van der Waals surface area contributed by atoms with E-state index in [1.807, 2.05) is 48.5 Å². The van der Waals surface area contributed by atoms with E-state index in [1.54, 1.807) is 18.9 Å². The quantitative estimate of drug-likeness (QED) is 0.742. The summed E-state index contributed by atoms with van der Waals surface area (Å²) in [6.07, 6.45) is 0.214. The Balaban J connectivity index is 2.07. The number of ketones is 1. The molecule has 0 saturated heterocycles. The third-order valence-corrected chi connectivity index (χ3v) is 5.55. The zero-order valence-corrected chi connectivity index (χ0v) is 18.2. The van der Waals surface area contributed by atoms with Crippen LogP contribution in [0.15, 0.2) is 59.9 Å². The second-order valence-electron chi connectivity index (χ2n) is 8.56. The summed E-state index contributed by atoms with van der Waals surface area (Å²) >= 11 is 0. The molecule has 1 amide bonds. The minimum atomic E-state index is -0.635. The van der Waals surface area contributed by atoms with Crippen LogP contribution in [0.2, 0.25) is 0 Å². The van der Waals surface area contributed by atoms with Crippen LogP contribution in [0.4, 0.5) is 0 Å². The molecule has 158 valence electrons. The molecule has 1 atom stereocenters. The molecule has 1 aliphatic rings. The van der Waals surface area contributed by atoms with Crippen LogP contribution in [0.3, 0.4) is 0 Å². The lowest BCUT2D eigenvalue weighted by molar-refractivity contribution is -0.130.